The molecule has 2 aromatic heterocycles. The van der Waals surface area contributed by atoms with Gasteiger partial charge >= 0.3 is 0 Å². The summed E-state index contributed by atoms with van der Waals surface area (Å²) in [6.07, 6.45) is 3.61. The van der Waals surface area contributed by atoms with Crippen molar-refractivity contribution in [2.45, 2.75) is 19.4 Å². The van der Waals surface area contributed by atoms with Crippen LogP contribution in [-0.2, 0) is 6.54 Å². The molecule has 0 aromatic carbocycles. The SMILES string of the molecule is O=C(NCC1CCN(Cc2cscn2)CC1)c1ccon1. The number of thiazole rings is 1. The first kappa shape index (κ1) is 14.2. The fraction of sp³-hybridized carbons (Fsp3) is 0.500. The van der Waals surface area contributed by atoms with E-state index in [4.69, 9.17) is 0 Å². The van der Waals surface area contributed by atoms with Crippen molar-refractivity contribution in [1.29, 1.82) is 0 Å². The first-order valence-electron chi connectivity index (χ1n) is 7.09. The Balaban J connectivity index is 1.39. The molecule has 1 fully saturated rings. The highest BCUT2D eigenvalue weighted by atomic mass is 32.1. The number of piperidine rings is 1. The lowest BCUT2D eigenvalue weighted by atomic mass is 9.96. The van der Waals surface area contributed by atoms with Crippen LogP contribution in [0.1, 0.15) is 29.0 Å². The van der Waals surface area contributed by atoms with Gasteiger partial charge in [0.25, 0.3) is 5.91 Å². The van der Waals surface area contributed by atoms with Crippen molar-refractivity contribution in [2.24, 2.45) is 5.92 Å². The molecule has 1 amide bonds. The van der Waals surface area contributed by atoms with E-state index in [9.17, 15) is 4.79 Å². The summed E-state index contributed by atoms with van der Waals surface area (Å²) in [6.45, 7) is 3.75. The van der Waals surface area contributed by atoms with Crippen LogP contribution in [-0.4, -0.2) is 40.6 Å². The van der Waals surface area contributed by atoms with Crippen LogP contribution in [0.3, 0.4) is 0 Å². The molecule has 21 heavy (non-hydrogen) atoms. The van der Waals surface area contributed by atoms with E-state index >= 15 is 0 Å². The highest BCUT2D eigenvalue weighted by Crippen LogP contribution is 2.18. The van der Waals surface area contributed by atoms with Gasteiger partial charge in [-0.15, -0.1) is 11.3 Å². The summed E-state index contributed by atoms with van der Waals surface area (Å²) in [5.74, 6) is 0.376. The van der Waals surface area contributed by atoms with Crippen LogP contribution >= 0.6 is 11.3 Å². The minimum absolute atomic E-state index is 0.159. The monoisotopic (exact) mass is 306 g/mol. The highest BCUT2D eigenvalue weighted by molar-refractivity contribution is 7.07. The van der Waals surface area contributed by atoms with E-state index < -0.39 is 0 Å². The van der Waals surface area contributed by atoms with Crippen molar-refractivity contribution in [3.63, 3.8) is 0 Å². The molecule has 0 bridgehead atoms. The fourth-order valence-corrected chi connectivity index (χ4v) is 3.10. The molecule has 1 saturated heterocycles. The van der Waals surface area contributed by atoms with Gasteiger partial charge in [0.05, 0.1) is 11.2 Å². The Kier molecular flexibility index (Phi) is 4.62. The number of amides is 1. The van der Waals surface area contributed by atoms with E-state index in [0.717, 1.165) is 38.2 Å². The average Bonchev–Trinajstić information content (AvgIpc) is 3.19. The van der Waals surface area contributed by atoms with Crippen LogP contribution in [0.2, 0.25) is 0 Å². The Hall–Kier alpha value is -1.73. The molecule has 7 heteroatoms. The molecule has 1 aliphatic rings. The van der Waals surface area contributed by atoms with Gasteiger partial charge in [-0.05, 0) is 31.8 Å². The lowest BCUT2D eigenvalue weighted by molar-refractivity contribution is 0.0926. The molecule has 3 heterocycles. The summed E-state index contributed by atoms with van der Waals surface area (Å²) in [5.41, 5.74) is 3.37. The molecule has 1 N–H and O–H groups in total. The van der Waals surface area contributed by atoms with Gasteiger partial charge in [-0.1, -0.05) is 5.16 Å². The lowest BCUT2D eigenvalue weighted by Crippen LogP contribution is -2.38. The zero-order chi connectivity index (χ0) is 14.5. The third-order valence-electron chi connectivity index (χ3n) is 3.80. The summed E-state index contributed by atoms with van der Waals surface area (Å²) in [7, 11) is 0. The second-order valence-corrected chi connectivity index (χ2v) is 6.01. The van der Waals surface area contributed by atoms with E-state index in [2.05, 4.69) is 30.3 Å². The van der Waals surface area contributed by atoms with Gasteiger partial charge in [-0.2, -0.15) is 0 Å². The number of carbonyl (C=O) groups is 1. The Morgan fingerprint density at radius 1 is 1.48 bits per heavy atom. The molecule has 0 unspecified atom stereocenters. The first-order chi connectivity index (χ1) is 10.3. The third-order valence-corrected chi connectivity index (χ3v) is 4.43. The zero-order valence-corrected chi connectivity index (χ0v) is 12.5. The second kappa shape index (κ2) is 6.82. The van der Waals surface area contributed by atoms with Crippen molar-refractivity contribution in [3.8, 4) is 0 Å². The van der Waals surface area contributed by atoms with Crippen LogP contribution in [0.4, 0.5) is 0 Å². The quantitative estimate of drug-likeness (QED) is 0.911. The maximum absolute atomic E-state index is 11.8. The number of nitrogens with one attached hydrogen (secondary N) is 1. The Labute approximate surface area is 127 Å². The van der Waals surface area contributed by atoms with E-state index in [-0.39, 0.29) is 5.91 Å². The van der Waals surface area contributed by atoms with Crippen LogP contribution < -0.4 is 5.32 Å². The van der Waals surface area contributed by atoms with E-state index in [0.29, 0.717) is 18.2 Å². The first-order valence-corrected chi connectivity index (χ1v) is 8.03. The van der Waals surface area contributed by atoms with Gasteiger partial charge in [-0.3, -0.25) is 9.69 Å². The van der Waals surface area contributed by atoms with Crippen LogP contribution in [0.25, 0.3) is 0 Å². The smallest absolute Gasteiger partial charge is 0.273 e. The van der Waals surface area contributed by atoms with Crippen molar-refractivity contribution in [3.05, 3.63) is 34.6 Å². The summed E-state index contributed by atoms with van der Waals surface area (Å²) in [5, 5.41) is 8.66. The van der Waals surface area contributed by atoms with E-state index in [1.807, 2.05) is 5.51 Å². The van der Waals surface area contributed by atoms with Gasteiger partial charge in [0.1, 0.15) is 6.26 Å². The molecule has 0 radical (unpaired) electrons. The van der Waals surface area contributed by atoms with Crippen molar-refractivity contribution < 1.29 is 9.32 Å². The topological polar surface area (TPSA) is 71.3 Å². The van der Waals surface area contributed by atoms with Crippen LogP contribution in [0.5, 0.6) is 0 Å². The van der Waals surface area contributed by atoms with Crippen LogP contribution in [0.15, 0.2) is 27.7 Å². The number of carbonyl (C=O) groups excluding carboxylic acids is 1. The second-order valence-electron chi connectivity index (χ2n) is 5.29. The van der Waals surface area contributed by atoms with E-state index in [1.54, 1.807) is 17.4 Å². The number of rotatable bonds is 5. The van der Waals surface area contributed by atoms with Gasteiger partial charge in [0.2, 0.25) is 0 Å². The fourth-order valence-electron chi connectivity index (χ4n) is 2.55. The maximum Gasteiger partial charge on any atom is 0.273 e. The molecule has 2 aromatic rings. The molecule has 1 aliphatic heterocycles. The predicted molar refractivity (Wildman–Crippen MR) is 79.0 cm³/mol. The molecule has 0 spiro atoms. The van der Waals surface area contributed by atoms with Crippen molar-refractivity contribution in [2.75, 3.05) is 19.6 Å². The standard InChI is InChI=1S/C14H18N4O2S/c19-14(13-3-6-20-17-13)15-7-11-1-4-18(5-2-11)8-12-9-21-10-16-12/h3,6,9-11H,1-2,4-5,7-8H2,(H,15,19). The van der Waals surface area contributed by atoms with Gasteiger partial charge in [0.15, 0.2) is 5.69 Å². The normalized spacial score (nSPS) is 17.0. The Morgan fingerprint density at radius 2 is 2.33 bits per heavy atom. The van der Waals surface area contributed by atoms with Gasteiger partial charge in [-0.25, -0.2) is 4.98 Å². The largest absolute Gasteiger partial charge is 0.364 e. The van der Waals surface area contributed by atoms with Gasteiger partial charge in [0, 0.05) is 24.5 Å². The average molecular weight is 306 g/mol. The molecule has 0 saturated carbocycles. The van der Waals surface area contributed by atoms with Crippen molar-refractivity contribution >= 4 is 17.2 Å². The molecule has 0 aliphatic carbocycles. The minimum atomic E-state index is -0.159. The molecule has 6 nitrogen and oxygen atoms in total. The summed E-state index contributed by atoms with van der Waals surface area (Å²) >= 11 is 1.64. The molecule has 0 atom stereocenters. The molecule has 3 rings (SSSR count). The number of nitrogens with zero attached hydrogens (tertiary/aromatic N) is 3. The summed E-state index contributed by atoms with van der Waals surface area (Å²) in [6, 6.07) is 1.58. The number of aromatic nitrogens is 2. The Morgan fingerprint density at radius 3 is 3.00 bits per heavy atom. The summed E-state index contributed by atoms with van der Waals surface area (Å²) < 4.78 is 4.67. The summed E-state index contributed by atoms with van der Waals surface area (Å²) in [4.78, 5) is 18.5. The number of hydrogen-bond donors (Lipinski definition) is 1. The van der Waals surface area contributed by atoms with Gasteiger partial charge < -0.3 is 9.84 Å². The molecule has 112 valence electrons. The third kappa shape index (κ3) is 3.89. The van der Waals surface area contributed by atoms with Crippen LogP contribution in [0, 0.1) is 5.92 Å². The maximum atomic E-state index is 11.8. The van der Waals surface area contributed by atoms with Crippen molar-refractivity contribution in [1.82, 2.24) is 20.4 Å². The number of likely N-dealkylation sites (tertiary alicyclic amines) is 1. The number of hydrogen-bond acceptors (Lipinski definition) is 6. The molecular weight excluding hydrogens is 288 g/mol. The van der Waals surface area contributed by atoms with E-state index in [1.165, 1.54) is 6.26 Å². The highest BCUT2D eigenvalue weighted by Gasteiger charge is 2.20. The predicted octanol–water partition coefficient (Wildman–Crippen LogP) is 1.77. The zero-order valence-electron chi connectivity index (χ0n) is 11.7. The minimum Gasteiger partial charge on any atom is -0.364 e. The Bertz CT molecular complexity index is 548. The molecular formula is C14H18N4O2S. The lowest BCUT2D eigenvalue weighted by Gasteiger charge is -2.31.